The maximum atomic E-state index is 8.55. The molecule has 0 rings (SSSR count). The van der Waals surface area contributed by atoms with Gasteiger partial charge in [0.25, 0.3) is 0 Å². The molecule has 0 amide bonds. The molecule has 0 saturated heterocycles. The molecule has 10 heavy (non-hydrogen) atoms. The first kappa shape index (κ1) is 9.66. The van der Waals surface area contributed by atoms with Crippen molar-refractivity contribution in [3.05, 3.63) is 12.2 Å². The molecule has 0 spiro atoms. The predicted molar refractivity (Wildman–Crippen MR) is 41.7 cm³/mol. The van der Waals surface area contributed by atoms with Crippen LogP contribution in [0.4, 0.5) is 0 Å². The molecule has 0 aromatic carbocycles. The van der Waals surface area contributed by atoms with Gasteiger partial charge < -0.3 is 10.2 Å². The molecule has 2 nitrogen and oxygen atoms in total. The Bertz CT molecular complexity index is 99.4. The Labute approximate surface area is 62.2 Å². The quantitative estimate of drug-likeness (QED) is 0.564. The first-order valence-electron chi connectivity index (χ1n) is 3.61. The van der Waals surface area contributed by atoms with Crippen LogP contribution in [0.2, 0.25) is 0 Å². The van der Waals surface area contributed by atoms with E-state index in [0.717, 1.165) is 12.0 Å². The number of aliphatic hydroxyl groups is 2. The van der Waals surface area contributed by atoms with Crippen molar-refractivity contribution in [1.29, 1.82) is 0 Å². The zero-order valence-corrected chi connectivity index (χ0v) is 6.51. The predicted octanol–water partition coefficient (Wildman–Crippen LogP) is 0.944. The van der Waals surface area contributed by atoms with Crippen LogP contribution < -0.4 is 0 Å². The molecular formula is C8H16O2. The minimum atomic E-state index is 0.161. The molecule has 2 heteroatoms. The fraction of sp³-hybridized carbons (Fsp3) is 0.750. The lowest BCUT2D eigenvalue weighted by molar-refractivity contribution is 0.262. The van der Waals surface area contributed by atoms with Crippen molar-refractivity contribution in [2.24, 2.45) is 5.92 Å². The fourth-order valence-corrected chi connectivity index (χ4v) is 0.788. The van der Waals surface area contributed by atoms with Crippen molar-refractivity contribution in [3.8, 4) is 0 Å². The van der Waals surface area contributed by atoms with Gasteiger partial charge in [-0.05, 0) is 18.8 Å². The Hall–Kier alpha value is -0.340. The molecule has 0 radical (unpaired) electrons. The zero-order valence-electron chi connectivity index (χ0n) is 6.51. The summed E-state index contributed by atoms with van der Waals surface area (Å²) in [5, 5.41) is 17.1. The van der Waals surface area contributed by atoms with Gasteiger partial charge in [0.05, 0.1) is 0 Å². The SMILES string of the molecule is C=C(CCO)C(C)CCO. The van der Waals surface area contributed by atoms with E-state index in [1.807, 2.05) is 6.92 Å². The summed E-state index contributed by atoms with van der Waals surface area (Å²) in [5.74, 6) is 0.331. The lowest BCUT2D eigenvalue weighted by Crippen LogP contribution is -2.02. The second kappa shape index (κ2) is 5.45. The van der Waals surface area contributed by atoms with Gasteiger partial charge in [0, 0.05) is 13.2 Å². The Morgan fingerprint density at radius 2 is 2.00 bits per heavy atom. The Balaban J connectivity index is 3.49. The molecule has 60 valence electrons. The number of hydrogen-bond acceptors (Lipinski definition) is 2. The standard InChI is InChI=1S/C8H16O2/c1-7(3-5-9)8(2)4-6-10/h8-10H,1,3-6H2,2H3. The second-order valence-corrected chi connectivity index (χ2v) is 2.55. The molecule has 0 saturated carbocycles. The Morgan fingerprint density at radius 1 is 1.40 bits per heavy atom. The maximum absolute atomic E-state index is 8.55. The molecular weight excluding hydrogens is 128 g/mol. The monoisotopic (exact) mass is 144 g/mol. The van der Waals surface area contributed by atoms with E-state index >= 15 is 0 Å². The van der Waals surface area contributed by atoms with Gasteiger partial charge in [-0.15, -0.1) is 0 Å². The molecule has 0 aromatic rings. The summed E-state index contributed by atoms with van der Waals surface area (Å²) >= 11 is 0. The molecule has 0 aliphatic heterocycles. The van der Waals surface area contributed by atoms with Crippen LogP contribution in [0.5, 0.6) is 0 Å². The summed E-state index contributed by atoms with van der Waals surface area (Å²) in [5.41, 5.74) is 1.02. The smallest absolute Gasteiger partial charge is 0.0468 e. The van der Waals surface area contributed by atoms with Crippen LogP contribution >= 0.6 is 0 Å². The molecule has 0 aromatic heterocycles. The third-order valence-electron chi connectivity index (χ3n) is 1.69. The van der Waals surface area contributed by atoms with Crippen LogP contribution in [0.25, 0.3) is 0 Å². The first-order chi connectivity index (χ1) is 4.72. The van der Waals surface area contributed by atoms with Crippen molar-refractivity contribution < 1.29 is 10.2 Å². The van der Waals surface area contributed by atoms with Crippen LogP contribution in [0.15, 0.2) is 12.2 Å². The van der Waals surface area contributed by atoms with Crippen LogP contribution in [-0.4, -0.2) is 23.4 Å². The third-order valence-corrected chi connectivity index (χ3v) is 1.69. The average Bonchev–Trinajstić information content (AvgIpc) is 1.89. The highest BCUT2D eigenvalue weighted by Crippen LogP contribution is 2.14. The molecule has 0 aliphatic carbocycles. The normalized spacial score (nSPS) is 13.1. The van der Waals surface area contributed by atoms with Gasteiger partial charge in [-0.3, -0.25) is 0 Å². The van der Waals surface area contributed by atoms with E-state index in [4.69, 9.17) is 10.2 Å². The van der Waals surface area contributed by atoms with Gasteiger partial charge >= 0.3 is 0 Å². The van der Waals surface area contributed by atoms with E-state index < -0.39 is 0 Å². The highest BCUT2D eigenvalue weighted by Gasteiger charge is 2.03. The molecule has 0 bridgehead atoms. The Kier molecular flexibility index (Phi) is 5.26. The Morgan fingerprint density at radius 3 is 2.40 bits per heavy atom. The molecule has 0 aliphatic rings. The van der Waals surface area contributed by atoms with Gasteiger partial charge in [-0.1, -0.05) is 19.1 Å². The summed E-state index contributed by atoms with van der Waals surface area (Å²) in [6, 6.07) is 0. The lowest BCUT2D eigenvalue weighted by Gasteiger charge is -2.11. The zero-order chi connectivity index (χ0) is 7.98. The van der Waals surface area contributed by atoms with E-state index in [2.05, 4.69) is 6.58 Å². The number of rotatable bonds is 5. The van der Waals surface area contributed by atoms with Crippen molar-refractivity contribution in [2.75, 3.05) is 13.2 Å². The van der Waals surface area contributed by atoms with E-state index in [9.17, 15) is 0 Å². The second-order valence-electron chi connectivity index (χ2n) is 2.55. The van der Waals surface area contributed by atoms with Crippen molar-refractivity contribution in [3.63, 3.8) is 0 Å². The third kappa shape index (κ3) is 3.64. The van der Waals surface area contributed by atoms with E-state index in [1.165, 1.54) is 0 Å². The van der Waals surface area contributed by atoms with Crippen LogP contribution in [-0.2, 0) is 0 Å². The van der Waals surface area contributed by atoms with Crippen molar-refractivity contribution in [1.82, 2.24) is 0 Å². The van der Waals surface area contributed by atoms with Crippen molar-refractivity contribution >= 4 is 0 Å². The van der Waals surface area contributed by atoms with Crippen LogP contribution in [0, 0.1) is 5.92 Å². The number of hydrogen-bond donors (Lipinski definition) is 2. The van der Waals surface area contributed by atoms with Gasteiger partial charge in [-0.25, -0.2) is 0 Å². The van der Waals surface area contributed by atoms with Gasteiger partial charge in [-0.2, -0.15) is 0 Å². The van der Waals surface area contributed by atoms with Gasteiger partial charge in [0.1, 0.15) is 0 Å². The topological polar surface area (TPSA) is 40.5 Å². The highest BCUT2D eigenvalue weighted by molar-refractivity contribution is 4.98. The fourth-order valence-electron chi connectivity index (χ4n) is 0.788. The van der Waals surface area contributed by atoms with Crippen LogP contribution in [0.3, 0.4) is 0 Å². The highest BCUT2D eigenvalue weighted by atomic mass is 16.3. The molecule has 0 heterocycles. The molecule has 0 fully saturated rings. The molecule has 1 unspecified atom stereocenters. The van der Waals surface area contributed by atoms with E-state index in [-0.39, 0.29) is 13.2 Å². The minimum Gasteiger partial charge on any atom is -0.396 e. The largest absolute Gasteiger partial charge is 0.396 e. The van der Waals surface area contributed by atoms with Crippen molar-refractivity contribution in [2.45, 2.75) is 19.8 Å². The molecule has 2 N–H and O–H groups in total. The van der Waals surface area contributed by atoms with Gasteiger partial charge in [0.2, 0.25) is 0 Å². The summed E-state index contributed by atoms with van der Waals surface area (Å²) in [4.78, 5) is 0. The average molecular weight is 144 g/mol. The summed E-state index contributed by atoms with van der Waals surface area (Å²) in [6.45, 7) is 6.16. The van der Waals surface area contributed by atoms with E-state index in [1.54, 1.807) is 0 Å². The first-order valence-corrected chi connectivity index (χ1v) is 3.61. The minimum absolute atomic E-state index is 0.161. The summed E-state index contributed by atoms with van der Waals surface area (Å²) in [6.07, 6.45) is 1.40. The number of aliphatic hydroxyl groups excluding tert-OH is 2. The summed E-state index contributed by atoms with van der Waals surface area (Å²) in [7, 11) is 0. The van der Waals surface area contributed by atoms with Gasteiger partial charge in [0.15, 0.2) is 0 Å². The molecule has 1 atom stereocenters. The maximum Gasteiger partial charge on any atom is 0.0468 e. The van der Waals surface area contributed by atoms with Crippen LogP contribution in [0.1, 0.15) is 19.8 Å². The summed E-state index contributed by atoms with van der Waals surface area (Å²) < 4.78 is 0. The lowest BCUT2D eigenvalue weighted by atomic mass is 9.97. The van der Waals surface area contributed by atoms with E-state index in [0.29, 0.717) is 12.3 Å².